The van der Waals surface area contributed by atoms with E-state index in [0.717, 1.165) is 15.8 Å². The highest BCUT2D eigenvalue weighted by atomic mass is 32.2. The first-order valence-electron chi connectivity index (χ1n) is 6.80. The van der Waals surface area contributed by atoms with Gasteiger partial charge in [-0.25, -0.2) is 9.97 Å². The van der Waals surface area contributed by atoms with Gasteiger partial charge in [0, 0.05) is 10.6 Å². The Morgan fingerprint density at radius 1 is 0.944 bits per heavy atom. The van der Waals surface area contributed by atoms with Gasteiger partial charge in [-0.2, -0.15) is 0 Å². The van der Waals surface area contributed by atoms with E-state index in [2.05, 4.69) is 28.2 Å². The van der Waals surface area contributed by atoms with E-state index >= 15 is 0 Å². The predicted octanol–water partition coefficient (Wildman–Crippen LogP) is 4.44. The summed E-state index contributed by atoms with van der Waals surface area (Å²) in [6.07, 6.45) is 9.93. The average Bonchev–Trinajstić information content (AvgIpc) is 2.68. The normalized spacial score (nSPS) is 17.8. The molecular formula is C15H18N2S. The fourth-order valence-electron chi connectivity index (χ4n) is 2.59. The lowest BCUT2D eigenvalue weighted by molar-refractivity contribution is 0.702. The van der Waals surface area contributed by atoms with Gasteiger partial charge in [-0.3, -0.25) is 0 Å². The molecule has 1 aromatic carbocycles. The third-order valence-electron chi connectivity index (χ3n) is 3.59. The number of fused-ring (bicyclic) bond motifs is 1. The zero-order valence-electron chi connectivity index (χ0n) is 10.5. The van der Waals surface area contributed by atoms with Crippen LogP contribution in [0.2, 0.25) is 0 Å². The molecule has 0 spiro atoms. The molecular weight excluding hydrogens is 240 g/mol. The molecule has 1 saturated carbocycles. The molecule has 0 N–H and O–H groups in total. The van der Waals surface area contributed by atoms with Crippen LogP contribution in [-0.4, -0.2) is 15.2 Å². The summed E-state index contributed by atoms with van der Waals surface area (Å²) < 4.78 is 0. The van der Waals surface area contributed by atoms with Crippen molar-refractivity contribution < 1.29 is 0 Å². The first-order valence-corrected chi connectivity index (χ1v) is 7.68. The maximum Gasteiger partial charge on any atom is 0.117 e. The van der Waals surface area contributed by atoms with Crippen molar-refractivity contribution in [2.24, 2.45) is 0 Å². The van der Waals surface area contributed by atoms with Gasteiger partial charge in [-0.1, -0.05) is 43.9 Å². The first kappa shape index (κ1) is 12.0. The molecule has 2 nitrogen and oxygen atoms in total. The molecule has 3 rings (SSSR count). The van der Waals surface area contributed by atoms with Gasteiger partial charge in [0.25, 0.3) is 0 Å². The smallest absolute Gasteiger partial charge is 0.117 e. The highest BCUT2D eigenvalue weighted by molar-refractivity contribution is 8.00. The second-order valence-electron chi connectivity index (χ2n) is 4.93. The van der Waals surface area contributed by atoms with Gasteiger partial charge in [0.1, 0.15) is 11.4 Å². The Labute approximate surface area is 112 Å². The van der Waals surface area contributed by atoms with Crippen molar-refractivity contribution in [1.29, 1.82) is 0 Å². The SMILES string of the molecule is c1ccc2c(SC3CCCCCC3)ncnc2c1. The zero-order chi connectivity index (χ0) is 12.2. The fourth-order valence-corrected chi connectivity index (χ4v) is 3.88. The maximum atomic E-state index is 4.48. The summed E-state index contributed by atoms with van der Waals surface area (Å²) in [4.78, 5) is 8.81. The lowest BCUT2D eigenvalue weighted by atomic mass is 10.2. The van der Waals surface area contributed by atoms with Crippen molar-refractivity contribution in [3.63, 3.8) is 0 Å². The van der Waals surface area contributed by atoms with Gasteiger partial charge in [0.2, 0.25) is 0 Å². The topological polar surface area (TPSA) is 25.8 Å². The largest absolute Gasteiger partial charge is 0.236 e. The predicted molar refractivity (Wildman–Crippen MR) is 76.9 cm³/mol. The minimum Gasteiger partial charge on any atom is -0.236 e. The summed E-state index contributed by atoms with van der Waals surface area (Å²) in [6, 6.07) is 8.31. The van der Waals surface area contributed by atoms with Gasteiger partial charge >= 0.3 is 0 Å². The number of hydrogen-bond acceptors (Lipinski definition) is 3. The molecule has 2 aromatic rings. The van der Waals surface area contributed by atoms with Crippen LogP contribution in [0, 0.1) is 0 Å². The van der Waals surface area contributed by atoms with Crippen LogP contribution < -0.4 is 0 Å². The van der Waals surface area contributed by atoms with Crippen LogP contribution in [0.15, 0.2) is 35.6 Å². The Bertz CT molecular complexity index is 513. The lowest BCUT2D eigenvalue weighted by Crippen LogP contribution is -2.01. The van der Waals surface area contributed by atoms with Crippen LogP contribution in [0.3, 0.4) is 0 Å². The van der Waals surface area contributed by atoms with Gasteiger partial charge in [0.15, 0.2) is 0 Å². The molecule has 0 amide bonds. The molecule has 1 aromatic heterocycles. The molecule has 3 heteroatoms. The molecule has 0 radical (unpaired) electrons. The van der Waals surface area contributed by atoms with Crippen LogP contribution in [0.1, 0.15) is 38.5 Å². The molecule has 1 fully saturated rings. The molecule has 0 saturated heterocycles. The summed E-state index contributed by atoms with van der Waals surface area (Å²) in [5.41, 5.74) is 1.06. The number of aromatic nitrogens is 2. The fraction of sp³-hybridized carbons (Fsp3) is 0.467. The minimum absolute atomic E-state index is 0.741. The summed E-state index contributed by atoms with van der Waals surface area (Å²) in [5.74, 6) is 0. The molecule has 0 unspecified atom stereocenters. The van der Waals surface area contributed by atoms with Crippen LogP contribution in [0.25, 0.3) is 10.9 Å². The molecule has 1 aliphatic rings. The van der Waals surface area contributed by atoms with E-state index in [1.54, 1.807) is 6.33 Å². The van der Waals surface area contributed by atoms with Crippen molar-refractivity contribution in [3.8, 4) is 0 Å². The molecule has 18 heavy (non-hydrogen) atoms. The second-order valence-corrected chi connectivity index (χ2v) is 6.22. The molecule has 1 heterocycles. The second kappa shape index (κ2) is 5.70. The number of rotatable bonds is 2. The summed E-state index contributed by atoms with van der Waals surface area (Å²) in [5, 5.41) is 3.10. The third kappa shape index (κ3) is 2.66. The van der Waals surface area contributed by atoms with E-state index in [4.69, 9.17) is 0 Å². The van der Waals surface area contributed by atoms with Crippen LogP contribution in [-0.2, 0) is 0 Å². The average molecular weight is 258 g/mol. The summed E-state index contributed by atoms with van der Waals surface area (Å²) in [6.45, 7) is 0. The maximum absolute atomic E-state index is 4.48. The Morgan fingerprint density at radius 2 is 1.72 bits per heavy atom. The van der Waals surface area contributed by atoms with E-state index in [1.807, 2.05) is 17.8 Å². The van der Waals surface area contributed by atoms with Crippen LogP contribution >= 0.6 is 11.8 Å². The molecule has 0 atom stereocenters. The van der Waals surface area contributed by atoms with Gasteiger partial charge in [0.05, 0.1) is 5.52 Å². The lowest BCUT2D eigenvalue weighted by Gasteiger charge is -2.13. The highest BCUT2D eigenvalue weighted by Gasteiger charge is 2.15. The minimum atomic E-state index is 0.741. The first-order chi connectivity index (χ1) is 8.93. The van der Waals surface area contributed by atoms with E-state index in [9.17, 15) is 0 Å². The summed E-state index contributed by atoms with van der Waals surface area (Å²) >= 11 is 1.96. The van der Waals surface area contributed by atoms with Crippen molar-refractivity contribution in [2.45, 2.75) is 48.8 Å². The van der Waals surface area contributed by atoms with E-state index in [1.165, 1.54) is 43.9 Å². The Balaban J connectivity index is 1.85. The van der Waals surface area contributed by atoms with E-state index < -0.39 is 0 Å². The molecule has 94 valence electrons. The van der Waals surface area contributed by atoms with Gasteiger partial charge in [-0.05, 0) is 18.9 Å². The van der Waals surface area contributed by atoms with Crippen molar-refractivity contribution in [2.75, 3.05) is 0 Å². The Hall–Kier alpha value is -1.09. The van der Waals surface area contributed by atoms with Gasteiger partial charge in [-0.15, -0.1) is 11.8 Å². The third-order valence-corrected chi connectivity index (χ3v) is 4.94. The number of hydrogen-bond donors (Lipinski definition) is 0. The van der Waals surface area contributed by atoms with Crippen molar-refractivity contribution >= 4 is 22.7 Å². The number of para-hydroxylation sites is 1. The quantitative estimate of drug-likeness (QED) is 0.588. The molecule has 0 aliphatic heterocycles. The Kier molecular flexibility index (Phi) is 3.79. The summed E-state index contributed by atoms with van der Waals surface area (Å²) in [7, 11) is 0. The highest BCUT2D eigenvalue weighted by Crippen LogP contribution is 2.34. The Morgan fingerprint density at radius 3 is 2.56 bits per heavy atom. The van der Waals surface area contributed by atoms with E-state index in [-0.39, 0.29) is 0 Å². The molecule has 0 bridgehead atoms. The molecule has 1 aliphatic carbocycles. The van der Waals surface area contributed by atoms with Crippen LogP contribution in [0.5, 0.6) is 0 Å². The van der Waals surface area contributed by atoms with Crippen molar-refractivity contribution in [1.82, 2.24) is 9.97 Å². The number of nitrogens with zero attached hydrogens (tertiary/aromatic N) is 2. The monoisotopic (exact) mass is 258 g/mol. The number of benzene rings is 1. The van der Waals surface area contributed by atoms with E-state index in [0.29, 0.717) is 0 Å². The van der Waals surface area contributed by atoms with Crippen molar-refractivity contribution in [3.05, 3.63) is 30.6 Å². The zero-order valence-corrected chi connectivity index (χ0v) is 11.3. The number of thioether (sulfide) groups is 1. The van der Waals surface area contributed by atoms with Crippen LogP contribution in [0.4, 0.5) is 0 Å². The standard InChI is InChI=1S/C15H18N2S/c1-2-4-8-12(7-3-1)18-15-13-9-5-6-10-14(13)16-11-17-15/h5-6,9-12H,1-4,7-8H2. The van der Waals surface area contributed by atoms with Gasteiger partial charge < -0.3 is 0 Å².